The second-order valence-corrected chi connectivity index (χ2v) is 4.63. The number of anilines is 2. The van der Waals surface area contributed by atoms with E-state index in [1.54, 1.807) is 19.1 Å². The van der Waals surface area contributed by atoms with Crippen LogP contribution in [0.4, 0.5) is 20.2 Å². The maximum atomic E-state index is 13.7. The van der Waals surface area contributed by atoms with Crippen LogP contribution in [0.1, 0.15) is 15.9 Å². The molecule has 0 spiro atoms. The third kappa shape index (κ3) is 2.88. The molecule has 0 unspecified atom stereocenters. The van der Waals surface area contributed by atoms with Crippen molar-refractivity contribution in [3.63, 3.8) is 0 Å². The van der Waals surface area contributed by atoms with Crippen molar-refractivity contribution in [1.82, 2.24) is 0 Å². The highest BCUT2D eigenvalue weighted by Crippen LogP contribution is 2.31. The fourth-order valence-electron chi connectivity index (χ4n) is 1.74. The SMILES string of the molecule is Cc1ccc(C(=O)O)c(Nc2c(F)cc(F)cc2Cl)c1. The molecule has 2 aromatic rings. The minimum atomic E-state index is -1.16. The molecule has 3 nitrogen and oxygen atoms in total. The minimum absolute atomic E-state index is 0.0320. The van der Waals surface area contributed by atoms with E-state index < -0.39 is 17.6 Å². The van der Waals surface area contributed by atoms with Crippen molar-refractivity contribution < 1.29 is 18.7 Å². The van der Waals surface area contributed by atoms with Gasteiger partial charge in [0.1, 0.15) is 5.82 Å². The maximum Gasteiger partial charge on any atom is 0.337 e. The van der Waals surface area contributed by atoms with E-state index in [0.29, 0.717) is 6.07 Å². The van der Waals surface area contributed by atoms with Gasteiger partial charge in [-0.2, -0.15) is 0 Å². The molecule has 2 aromatic carbocycles. The summed E-state index contributed by atoms with van der Waals surface area (Å²) in [5.41, 5.74) is 0.776. The number of aryl methyl sites for hydroxylation is 1. The van der Waals surface area contributed by atoms with Crippen LogP contribution >= 0.6 is 11.6 Å². The Hall–Kier alpha value is -2.14. The Morgan fingerprint density at radius 2 is 1.95 bits per heavy atom. The van der Waals surface area contributed by atoms with Gasteiger partial charge >= 0.3 is 5.97 Å². The second-order valence-electron chi connectivity index (χ2n) is 4.22. The van der Waals surface area contributed by atoms with Crippen LogP contribution in [0, 0.1) is 18.6 Å². The standard InChI is InChI=1S/C14H10ClF2NO2/c1-7-2-3-9(14(19)20)12(4-7)18-13-10(15)5-8(16)6-11(13)17/h2-6,18H,1H3,(H,19,20). The van der Waals surface area contributed by atoms with Crippen molar-refractivity contribution in [3.8, 4) is 0 Å². The molecule has 104 valence electrons. The molecule has 0 saturated carbocycles. The summed E-state index contributed by atoms with van der Waals surface area (Å²) in [6.45, 7) is 1.76. The highest BCUT2D eigenvalue weighted by atomic mass is 35.5. The lowest BCUT2D eigenvalue weighted by Crippen LogP contribution is -2.04. The van der Waals surface area contributed by atoms with Gasteiger partial charge in [-0.1, -0.05) is 17.7 Å². The number of carboxylic acid groups (broad SMARTS) is 1. The predicted molar refractivity (Wildman–Crippen MR) is 72.8 cm³/mol. The average Bonchev–Trinajstić information content (AvgIpc) is 2.33. The van der Waals surface area contributed by atoms with Gasteiger partial charge in [0.25, 0.3) is 0 Å². The molecule has 20 heavy (non-hydrogen) atoms. The monoisotopic (exact) mass is 297 g/mol. The first-order chi connectivity index (χ1) is 9.38. The van der Waals surface area contributed by atoms with Crippen molar-refractivity contribution in [2.24, 2.45) is 0 Å². The molecule has 0 aliphatic rings. The first kappa shape index (κ1) is 14.3. The number of hydrogen-bond acceptors (Lipinski definition) is 2. The van der Waals surface area contributed by atoms with Crippen LogP contribution in [0.15, 0.2) is 30.3 Å². The lowest BCUT2D eigenvalue weighted by atomic mass is 10.1. The lowest BCUT2D eigenvalue weighted by molar-refractivity contribution is 0.0698. The molecule has 0 bridgehead atoms. The van der Waals surface area contributed by atoms with Crippen LogP contribution in [0.25, 0.3) is 0 Å². The number of halogens is 3. The van der Waals surface area contributed by atoms with Crippen molar-refractivity contribution in [1.29, 1.82) is 0 Å². The molecule has 0 radical (unpaired) electrons. The average molecular weight is 298 g/mol. The first-order valence-electron chi connectivity index (χ1n) is 5.64. The van der Waals surface area contributed by atoms with E-state index in [2.05, 4.69) is 5.32 Å². The summed E-state index contributed by atoms with van der Waals surface area (Å²) in [6.07, 6.45) is 0. The lowest BCUT2D eigenvalue weighted by Gasteiger charge is -2.13. The van der Waals surface area contributed by atoms with E-state index in [9.17, 15) is 13.6 Å². The molecule has 2 rings (SSSR count). The molecule has 0 aliphatic heterocycles. The number of hydrogen-bond donors (Lipinski definition) is 2. The van der Waals surface area contributed by atoms with Crippen LogP contribution in [0.5, 0.6) is 0 Å². The molecule has 0 amide bonds. The van der Waals surface area contributed by atoms with E-state index in [0.717, 1.165) is 11.6 Å². The summed E-state index contributed by atoms with van der Waals surface area (Å²) in [5.74, 6) is -2.86. The Morgan fingerprint density at radius 3 is 2.55 bits per heavy atom. The van der Waals surface area contributed by atoms with Gasteiger partial charge in [0.2, 0.25) is 0 Å². The summed E-state index contributed by atoms with van der Waals surface area (Å²) in [6, 6.07) is 6.18. The van der Waals surface area contributed by atoms with E-state index >= 15 is 0 Å². The maximum absolute atomic E-state index is 13.7. The van der Waals surface area contributed by atoms with Crippen molar-refractivity contribution >= 4 is 28.9 Å². The third-order valence-electron chi connectivity index (χ3n) is 2.67. The summed E-state index contributed by atoms with van der Waals surface area (Å²) in [7, 11) is 0. The van der Waals surface area contributed by atoms with Gasteiger partial charge in [-0.25, -0.2) is 13.6 Å². The number of aromatic carboxylic acids is 1. The van der Waals surface area contributed by atoms with Gasteiger partial charge in [0.15, 0.2) is 5.82 Å². The summed E-state index contributed by atoms with van der Waals surface area (Å²) in [5, 5.41) is 11.5. The summed E-state index contributed by atoms with van der Waals surface area (Å²) < 4.78 is 26.7. The van der Waals surface area contributed by atoms with Crippen molar-refractivity contribution in [2.75, 3.05) is 5.32 Å². The Balaban J connectivity index is 2.50. The molecule has 0 fully saturated rings. The number of nitrogens with one attached hydrogen (secondary N) is 1. The molecule has 0 atom stereocenters. The summed E-state index contributed by atoms with van der Waals surface area (Å²) in [4.78, 5) is 11.1. The van der Waals surface area contributed by atoms with Gasteiger partial charge in [-0.15, -0.1) is 0 Å². The van der Waals surface area contributed by atoms with E-state index in [1.807, 2.05) is 0 Å². The third-order valence-corrected chi connectivity index (χ3v) is 2.97. The second kappa shape index (κ2) is 5.46. The van der Waals surface area contributed by atoms with Crippen LogP contribution < -0.4 is 5.32 Å². The van der Waals surface area contributed by atoms with Gasteiger partial charge in [-0.05, 0) is 30.7 Å². The number of benzene rings is 2. The quantitative estimate of drug-likeness (QED) is 0.884. The zero-order valence-electron chi connectivity index (χ0n) is 10.4. The molecular formula is C14H10ClF2NO2. The normalized spacial score (nSPS) is 10.4. The molecule has 2 N–H and O–H groups in total. The topological polar surface area (TPSA) is 49.3 Å². The van der Waals surface area contributed by atoms with Gasteiger partial charge in [0, 0.05) is 6.07 Å². The van der Waals surface area contributed by atoms with Crippen LogP contribution in [-0.4, -0.2) is 11.1 Å². The Kier molecular flexibility index (Phi) is 3.90. The molecule has 0 aliphatic carbocycles. The summed E-state index contributed by atoms with van der Waals surface area (Å²) >= 11 is 5.77. The molecule has 0 aromatic heterocycles. The molecule has 0 saturated heterocycles. The van der Waals surface area contributed by atoms with Gasteiger partial charge < -0.3 is 10.4 Å². The highest BCUT2D eigenvalue weighted by Gasteiger charge is 2.15. The minimum Gasteiger partial charge on any atom is -0.478 e. The van der Waals surface area contributed by atoms with Gasteiger partial charge in [0.05, 0.1) is 22.0 Å². The van der Waals surface area contributed by atoms with E-state index in [-0.39, 0.29) is 22.0 Å². The predicted octanol–water partition coefficient (Wildman–Crippen LogP) is 4.37. The Bertz CT molecular complexity index is 666. The fraction of sp³-hybridized carbons (Fsp3) is 0.0714. The van der Waals surface area contributed by atoms with E-state index in [1.165, 1.54) is 6.07 Å². The van der Waals surface area contributed by atoms with Gasteiger partial charge in [-0.3, -0.25) is 0 Å². The fourth-order valence-corrected chi connectivity index (χ4v) is 1.99. The number of rotatable bonds is 3. The van der Waals surface area contributed by atoms with Crippen molar-refractivity contribution in [2.45, 2.75) is 6.92 Å². The smallest absolute Gasteiger partial charge is 0.337 e. The van der Waals surface area contributed by atoms with E-state index in [4.69, 9.17) is 16.7 Å². The van der Waals surface area contributed by atoms with Crippen molar-refractivity contribution in [3.05, 3.63) is 58.1 Å². The Morgan fingerprint density at radius 1 is 1.25 bits per heavy atom. The van der Waals surface area contributed by atoms with Crippen LogP contribution in [0.3, 0.4) is 0 Å². The number of carbonyl (C=O) groups is 1. The molecular weight excluding hydrogens is 288 g/mol. The Labute approximate surface area is 118 Å². The highest BCUT2D eigenvalue weighted by molar-refractivity contribution is 6.33. The van der Waals surface area contributed by atoms with Crippen LogP contribution in [-0.2, 0) is 0 Å². The largest absolute Gasteiger partial charge is 0.478 e. The first-order valence-corrected chi connectivity index (χ1v) is 6.02. The zero-order chi connectivity index (χ0) is 14.9. The van der Waals surface area contributed by atoms with Crippen LogP contribution in [0.2, 0.25) is 5.02 Å². The molecule has 6 heteroatoms. The number of carboxylic acids is 1. The zero-order valence-corrected chi connectivity index (χ0v) is 11.1. The molecule has 0 heterocycles.